The lowest BCUT2D eigenvalue weighted by atomic mass is 10.0. The van der Waals surface area contributed by atoms with Crippen molar-refractivity contribution in [2.75, 3.05) is 13.1 Å². The normalized spacial score (nSPS) is 14.8. The Balaban J connectivity index is 0.00000240. The molecule has 7 heteroatoms. The van der Waals surface area contributed by atoms with Crippen molar-refractivity contribution in [3.63, 3.8) is 0 Å². The lowest BCUT2D eigenvalue weighted by Crippen LogP contribution is -2.41. The van der Waals surface area contributed by atoms with Gasteiger partial charge in [0.15, 0.2) is 0 Å². The van der Waals surface area contributed by atoms with Crippen LogP contribution in [-0.2, 0) is 22.6 Å². The lowest BCUT2D eigenvalue weighted by Gasteiger charge is -2.16. The van der Waals surface area contributed by atoms with Crippen molar-refractivity contribution in [3.05, 3.63) is 70.8 Å². The molecule has 29 heavy (non-hydrogen) atoms. The number of halogens is 1. The number of amides is 1. The molecule has 3 N–H and O–H groups in total. The lowest BCUT2D eigenvalue weighted by molar-refractivity contribution is -0.139. The highest BCUT2D eigenvalue weighted by molar-refractivity contribution is 5.85. The molecule has 2 aromatic rings. The smallest absolute Gasteiger partial charge is 0.408 e. The Kier molecular flexibility index (Phi) is 6.56. The van der Waals surface area contributed by atoms with Crippen LogP contribution in [0.3, 0.4) is 0 Å². The summed E-state index contributed by atoms with van der Waals surface area (Å²) in [6.07, 6.45) is 2.32. The number of aliphatic carboxylic acids is 1. The van der Waals surface area contributed by atoms with Crippen LogP contribution in [-0.4, -0.2) is 36.3 Å². The van der Waals surface area contributed by atoms with Gasteiger partial charge in [0.05, 0.1) is 0 Å². The Morgan fingerprint density at radius 3 is 2.69 bits per heavy atom. The fourth-order valence-corrected chi connectivity index (χ4v) is 3.83. The van der Waals surface area contributed by atoms with Gasteiger partial charge in [-0.25, -0.2) is 9.59 Å². The molecule has 2 aliphatic rings. The van der Waals surface area contributed by atoms with E-state index in [0.29, 0.717) is 6.54 Å². The third-order valence-electron chi connectivity index (χ3n) is 5.25. The number of hydrogen-bond acceptors (Lipinski definition) is 4. The quantitative estimate of drug-likeness (QED) is 0.539. The molecule has 1 heterocycles. The summed E-state index contributed by atoms with van der Waals surface area (Å²) in [4.78, 5) is 23.6. The molecule has 0 bridgehead atoms. The largest absolute Gasteiger partial charge is 0.480 e. The van der Waals surface area contributed by atoms with Gasteiger partial charge in [-0.2, -0.15) is 0 Å². The Hall–Kier alpha value is -2.83. The van der Waals surface area contributed by atoms with E-state index >= 15 is 0 Å². The van der Waals surface area contributed by atoms with E-state index in [9.17, 15) is 14.7 Å². The Bertz CT molecular complexity index is 958. The molecule has 1 amide bonds. The number of nitrogens with one attached hydrogen (secondary N) is 2. The second-order valence-electron chi connectivity index (χ2n) is 7.09. The zero-order valence-electron chi connectivity index (χ0n) is 15.8. The summed E-state index contributed by atoms with van der Waals surface area (Å²) in [5.74, 6) is -1.07. The number of benzene rings is 2. The van der Waals surface area contributed by atoms with Crippen LogP contribution in [0.2, 0.25) is 0 Å². The molecule has 1 unspecified atom stereocenters. The molecule has 152 valence electrons. The highest BCUT2D eigenvalue weighted by Gasteiger charge is 2.24. The zero-order chi connectivity index (χ0) is 19.5. The second kappa shape index (κ2) is 9.11. The Morgan fingerprint density at radius 1 is 1.14 bits per heavy atom. The van der Waals surface area contributed by atoms with Crippen molar-refractivity contribution in [2.45, 2.75) is 25.5 Å². The first-order valence-electron chi connectivity index (χ1n) is 9.35. The van der Waals surface area contributed by atoms with Gasteiger partial charge in [0, 0.05) is 19.5 Å². The van der Waals surface area contributed by atoms with E-state index in [1.807, 2.05) is 30.3 Å². The third-order valence-corrected chi connectivity index (χ3v) is 5.25. The average molecular weight is 415 g/mol. The molecular weight excluding hydrogens is 392 g/mol. The number of carbonyl (C=O) groups is 2. The van der Waals surface area contributed by atoms with Crippen LogP contribution in [0.5, 0.6) is 0 Å². The standard InChI is InChI=1S/C22H22N2O4.ClH/c25-21(26)20(10-14-8-9-23-12-14)24-22(27)28-13-16-5-3-7-18-17-6-2-1-4-15(17)11-19(16)18;/h1-8,20,23H,9-13H2,(H,24,27)(H,25,26);1H. The minimum Gasteiger partial charge on any atom is -0.480 e. The van der Waals surface area contributed by atoms with Gasteiger partial charge in [0.2, 0.25) is 0 Å². The molecule has 1 aliphatic heterocycles. The summed E-state index contributed by atoms with van der Waals surface area (Å²) >= 11 is 0. The molecule has 2 aromatic carbocycles. The maximum absolute atomic E-state index is 12.2. The number of ether oxygens (including phenoxy) is 1. The number of carboxylic acid groups (broad SMARTS) is 1. The molecule has 0 saturated heterocycles. The van der Waals surface area contributed by atoms with Crippen molar-refractivity contribution in [1.82, 2.24) is 10.6 Å². The number of carboxylic acids is 1. The molecule has 0 fully saturated rings. The molecular formula is C22H23ClN2O4. The van der Waals surface area contributed by atoms with E-state index < -0.39 is 18.1 Å². The monoisotopic (exact) mass is 414 g/mol. The summed E-state index contributed by atoms with van der Waals surface area (Å²) in [7, 11) is 0. The van der Waals surface area contributed by atoms with Crippen LogP contribution < -0.4 is 10.6 Å². The molecule has 1 aliphatic carbocycles. The SMILES string of the molecule is Cl.O=C(NC(CC1=CCNC1)C(=O)O)OCc1cccc2c1Cc1ccccc1-2. The highest BCUT2D eigenvalue weighted by Crippen LogP contribution is 2.38. The highest BCUT2D eigenvalue weighted by atomic mass is 35.5. The van der Waals surface area contributed by atoms with Gasteiger partial charge in [0.1, 0.15) is 12.6 Å². The summed E-state index contributed by atoms with van der Waals surface area (Å²) < 4.78 is 5.35. The fraction of sp³-hybridized carbons (Fsp3) is 0.273. The topological polar surface area (TPSA) is 87.7 Å². The van der Waals surface area contributed by atoms with Crippen LogP contribution in [0.1, 0.15) is 23.1 Å². The van der Waals surface area contributed by atoms with Crippen LogP contribution >= 0.6 is 12.4 Å². The maximum atomic E-state index is 12.2. The summed E-state index contributed by atoms with van der Waals surface area (Å²) in [5, 5.41) is 15.0. The molecule has 6 nitrogen and oxygen atoms in total. The molecule has 0 saturated carbocycles. The van der Waals surface area contributed by atoms with E-state index in [4.69, 9.17) is 4.74 Å². The van der Waals surface area contributed by atoms with Gasteiger partial charge in [-0.1, -0.05) is 54.1 Å². The summed E-state index contributed by atoms with van der Waals surface area (Å²) in [6.45, 7) is 1.49. The van der Waals surface area contributed by atoms with E-state index in [1.165, 1.54) is 16.7 Å². The summed E-state index contributed by atoms with van der Waals surface area (Å²) in [6, 6.07) is 13.2. The van der Waals surface area contributed by atoms with Crippen molar-refractivity contribution in [1.29, 1.82) is 0 Å². The van der Waals surface area contributed by atoms with Crippen molar-refractivity contribution in [2.24, 2.45) is 0 Å². The number of carbonyl (C=O) groups excluding carboxylic acids is 1. The van der Waals surface area contributed by atoms with Crippen molar-refractivity contribution >= 4 is 24.5 Å². The van der Waals surface area contributed by atoms with Crippen molar-refractivity contribution in [3.8, 4) is 11.1 Å². The number of fused-ring (bicyclic) bond motifs is 3. The van der Waals surface area contributed by atoms with Gasteiger partial charge in [0.25, 0.3) is 0 Å². The Morgan fingerprint density at radius 2 is 1.93 bits per heavy atom. The van der Waals surface area contributed by atoms with Gasteiger partial charge in [-0.3, -0.25) is 0 Å². The first-order valence-corrected chi connectivity index (χ1v) is 9.35. The molecule has 0 aromatic heterocycles. The van der Waals surface area contributed by atoms with Crippen LogP contribution in [0.4, 0.5) is 4.79 Å². The van der Waals surface area contributed by atoms with E-state index in [-0.39, 0.29) is 25.4 Å². The predicted octanol–water partition coefficient (Wildman–Crippen LogP) is 3.28. The second-order valence-corrected chi connectivity index (χ2v) is 7.09. The average Bonchev–Trinajstić information content (AvgIpc) is 3.33. The van der Waals surface area contributed by atoms with Crippen LogP contribution in [0, 0.1) is 0 Å². The van der Waals surface area contributed by atoms with Gasteiger partial charge in [-0.15, -0.1) is 12.4 Å². The molecule has 0 spiro atoms. The number of hydrogen-bond donors (Lipinski definition) is 3. The van der Waals surface area contributed by atoms with Crippen LogP contribution in [0.15, 0.2) is 54.1 Å². The third kappa shape index (κ3) is 4.60. The minimum absolute atomic E-state index is 0. The number of alkyl carbamates (subject to hydrolysis) is 1. The maximum Gasteiger partial charge on any atom is 0.408 e. The zero-order valence-corrected chi connectivity index (χ0v) is 16.6. The van der Waals surface area contributed by atoms with Gasteiger partial charge in [-0.05, 0) is 34.2 Å². The van der Waals surface area contributed by atoms with Crippen molar-refractivity contribution < 1.29 is 19.4 Å². The fourth-order valence-electron chi connectivity index (χ4n) is 3.83. The van der Waals surface area contributed by atoms with Gasteiger partial charge < -0.3 is 20.5 Å². The summed E-state index contributed by atoms with van der Waals surface area (Å²) in [5.41, 5.74) is 6.73. The van der Waals surface area contributed by atoms with Crippen LogP contribution in [0.25, 0.3) is 11.1 Å². The van der Waals surface area contributed by atoms with E-state index in [2.05, 4.69) is 28.8 Å². The molecule has 4 rings (SSSR count). The first-order chi connectivity index (χ1) is 13.6. The van der Waals surface area contributed by atoms with Gasteiger partial charge >= 0.3 is 12.1 Å². The first kappa shape index (κ1) is 20.9. The predicted molar refractivity (Wildman–Crippen MR) is 112 cm³/mol. The minimum atomic E-state index is -1.07. The van der Waals surface area contributed by atoms with E-state index in [0.717, 1.165) is 29.7 Å². The molecule has 0 radical (unpaired) electrons. The number of rotatable bonds is 6. The Labute approximate surface area is 175 Å². The van der Waals surface area contributed by atoms with E-state index in [1.54, 1.807) is 0 Å². The molecule has 1 atom stereocenters.